The fourth-order valence-electron chi connectivity index (χ4n) is 1.20. The highest BCUT2D eigenvalue weighted by atomic mass is 35.5. The first-order valence-electron chi connectivity index (χ1n) is 4.35. The Labute approximate surface area is 97.6 Å². The van der Waals surface area contributed by atoms with Gasteiger partial charge in [0, 0.05) is 12.1 Å². The van der Waals surface area contributed by atoms with Crippen LogP contribution in [-0.4, -0.2) is 16.7 Å². The molecule has 0 fully saturated rings. The first kappa shape index (κ1) is 14.6. The summed E-state index contributed by atoms with van der Waals surface area (Å²) >= 11 is 0. The lowest BCUT2D eigenvalue weighted by Crippen LogP contribution is -2.11. The molecule has 0 spiro atoms. The van der Waals surface area contributed by atoms with E-state index >= 15 is 0 Å². The molecule has 16 heavy (non-hydrogen) atoms. The molecule has 0 saturated heterocycles. The molecule has 0 aliphatic rings. The van der Waals surface area contributed by atoms with Gasteiger partial charge >= 0.3 is 5.69 Å². The Hall–Kier alpha value is -1.40. The minimum atomic E-state index is -0.707. The number of nitrogens with zero attached hydrogens (tertiary/aromatic N) is 1. The molecule has 0 aliphatic carbocycles. The molecule has 5 nitrogen and oxygen atoms in total. The van der Waals surface area contributed by atoms with Gasteiger partial charge in [0.15, 0.2) is 5.75 Å². The standard InChI is InChI=1S/C9H11FN2O3.ClH/c10-4-3-7(11)6-1-2-9(13)8(5-6)12(14)15;/h1-2,5,7,13H,3-4,11H2;1H/t7-;/m0./s1. The van der Waals surface area contributed by atoms with Crippen molar-refractivity contribution in [3.05, 3.63) is 33.9 Å². The van der Waals surface area contributed by atoms with Crippen molar-refractivity contribution in [1.82, 2.24) is 0 Å². The van der Waals surface area contributed by atoms with Gasteiger partial charge in [-0.2, -0.15) is 0 Å². The SMILES string of the molecule is Cl.N[C@@H](CCF)c1ccc(O)c([N+](=O)[O-])c1. The smallest absolute Gasteiger partial charge is 0.311 e. The molecule has 1 aromatic carbocycles. The molecule has 0 bridgehead atoms. The molecule has 0 saturated carbocycles. The lowest BCUT2D eigenvalue weighted by Gasteiger charge is -2.09. The summed E-state index contributed by atoms with van der Waals surface area (Å²) < 4.78 is 12.0. The van der Waals surface area contributed by atoms with Gasteiger partial charge in [-0.25, -0.2) is 0 Å². The fourth-order valence-corrected chi connectivity index (χ4v) is 1.20. The predicted octanol–water partition coefficient (Wildman–Crippen LogP) is 2.08. The van der Waals surface area contributed by atoms with Gasteiger partial charge in [0.05, 0.1) is 11.6 Å². The van der Waals surface area contributed by atoms with E-state index in [1.165, 1.54) is 12.1 Å². The summed E-state index contributed by atoms with van der Waals surface area (Å²) in [4.78, 5) is 9.78. The number of nitro benzene ring substituents is 1. The zero-order chi connectivity index (χ0) is 11.4. The first-order valence-corrected chi connectivity index (χ1v) is 4.35. The largest absolute Gasteiger partial charge is 0.502 e. The van der Waals surface area contributed by atoms with Crippen molar-refractivity contribution in [1.29, 1.82) is 0 Å². The number of aromatic hydroxyl groups is 1. The summed E-state index contributed by atoms with van der Waals surface area (Å²) in [5, 5.41) is 19.6. The second-order valence-electron chi connectivity index (χ2n) is 3.09. The number of alkyl halides is 1. The van der Waals surface area contributed by atoms with Crippen LogP contribution < -0.4 is 5.73 Å². The lowest BCUT2D eigenvalue weighted by molar-refractivity contribution is -0.385. The van der Waals surface area contributed by atoms with Gasteiger partial charge in [-0.1, -0.05) is 6.07 Å². The van der Waals surface area contributed by atoms with Crippen LogP contribution >= 0.6 is 12.4 Å². The van der Waals surface area contributed by atoms with Crippen LogP contribution in [-0.2, 0) is 0 Å². The predicted molar refractivity (Wildman–Crippen MR) is 59.5 cm³/mol. The summed E-state index contributed by atoms with van der Waals surface area (Å²) in [5.41, 5.74) is 5.61. The molecule has 3 N–H and O–H groups in total. The van der Waals surface area contributed by atoms with Gasteiger partial charge in [0.1, 0.15) is 0 Å². The van der Waals surface area contributed by atoms with Crippen molar-refractivity contribution >= 4 is 18.1 Å². The average molecular weight is 251 g/mol. The fraction of sp³-hybridized carbons (Fsp3) is 0.333. The van der Waals surface area contributed by atoms with Gasteiger partial charge in [-0.3, -0.25) is 14.5 Å². The van der Waals surface area contributed by atoms with Crippen molar-refractivity contribution < 1.29 is 14.4 Å². The Morgan fingerprint density at radius 1 is 1.56 bits per heavy atom. The minimum absolute atomic E-state index is 0. The average Bonchev–Trinajstić information content (AvgIpc) is 2.18. The Kier molecular flexibility index (Phi) is 5.69. The van der Waals surface area contributed by atoms with Gasteiger partial charge < -0.3 is 10.8 Å². The summed E-state index contributed by atoms with van der Waals surface area (Å²) in [6.07, 6.45) is 0.0991. The van der Waals surface area contributed by atoms with E-state index in [1.54, 1.807) is 0 Å². The second kappa shape index (κ2) is 6.24. The molecule has 0 amide bonds. The zero-order valence-corrected chi connectivity index (χ0v) is 9.11. The van der Waals surface area contributed by atoms with Crippen LogP contribution in [0.3, 0.4) is 0 Å². The summed E-state index contributed by atoms with van der Waals surface area (Å²) in [6, 6.07) is 3.21. The van der Waals surface area contributed by atoms with Gasteiger partial charge in [0.25, 0.3) is 0 Å². The lowest BCUT2D eigenvalue weighted by atomic mass is 10.0. The molecule has 0 aliphatic heterocycles. The molecule has 1 rings (SSSR count). The maximum atomic E-state index is 12.0. The molecule has 0 radical (unpaired) electrons. The quantitative estimate of drug-likeness (QED) is 0.632. The van der Waals surface area contributed by atoms with Crippen molar-refractivity contribution in [2.24, 2.45) is 5.73 Å². The van der Waals surface area contributed by atoms with Crippen LogP contribution in [0, 0.1) is 10.1 Å². The number of phenolic OH excluding ortho intramolecular Hbond substituents is 1. The van der Waals surface area contributed by atoms with Gasteiger partial charge in [0.2, 0.25) is 0 Å². The number of rotatable bonds is 4. The molecule has 90 valence electrons. The van der Waals surface area contributed by atoms with E-state index in [1.807, 2.05) is 0 Å². The first-order chi connectivity index (χ1) is 7.06. The van der Waals surface area contributed by atoms with E-state index in [-0.39, 0.29) is 18.8 Å². The molecular weight excluding hydrogens is 239 g/mol. The van der Waals surface area contributed by atoms with E-state index in [0.29, 0.717) is 5.56 Å². The van der Waals surface area contributed by atoms with Crippen molar-refractivity contribution in [2.45, 2.75) is 12.5 Å². The maximum absolute atomic E-state index is 12.0. The highest BCUT2D eigenvalue weighted by Gasteiger charge is 2.16. The molecular formula is C9H12ClFN2O3. The van der Waals surface area contributed by atoms with Gasteiger partial charge in [-0.15, -0.1) is 12.4 Å². The number of hydrogen-bond donors (Lipinski definition) is 2. The monoisotopic (exact) mass is 250 g/mol. The molecule has 1 atom stereocenters. The Bertz CT molecular complexity index is 376. The number of halogens is 2. The summed E-state index contributed by atoms with van der Waals surface area (Å²) in [5.74, 6) is -0.420. The number of phenols is 1. The number of hydrogen-bond acceptors (Lipinski definition) is 4. The normalized spacial score (nSPS) is 11.6. The van der Waals surface area contributed by atoms with Crippen LogP contribution in [0.2, 0.25) is 0 Å². The van der Waals surface area contributed by atoms with Crippen LogP contribution in [0.4, 0.5) is 10.1 Å². The molecule has 0 heterocycles. The number of nitrogens with two attached hydrogens (primary N) is 1. The summed E-state index contributed by atoms with van der Waals surface area (Å²) in [6.45, 7) is -0.587. The van der Waals surface area contributed by atoms with E-state index < -0.39 is 29.1 Å². The zero-order valence-electron chi connectivity index (χ0n) is 8.30. The minimum Gasteiger partial charge on any atom is -0.502 e. The van der Waals surface area contributed by atoms with Crippen molar-refractivity contribution in [2.75, 3.05) is 6.67 Å². The highest BCUT2D eigenvalue weighted by Crippen LogP contribution is 2.28. The third-order valence-corrected chi connectivity index (χ3v) is 2.04. The van der Waals surface area contributed by atoms with Crippen LogP contribution in [0.25, 0.3) is 0 Å². The maximum Gasteiger partial charge on any atom is 0.311 e. The van der Waals surface area contributed by atoms with Crippen LogP contribution in [0.5, 0.6) is 5.75 Å². The Morgan fingerprint density at radius 3 is 2.69 bits per heavy atom. The second-order valence-corrected chi connectivity index (χ2v) is 3.09. The molecule has 0 unspecified atom stereocenters. The van der Waals surface area contributed by atoms with E-state index in [9.17, 15) is 14.5 Å². The topological polar surface area (TPSA) is 89.4 Å². The highest BCUT2D eigenvalue weighted by molar-refractivity contribution is 5.85. The Balaban J connectivity index is 0.00000225. The van der Waals surface area contributed by atoms with Gasteiger partial charge in [-0.05, 0) is 18.1 Å². The van der Waals surface area contributed by atoms with Crippen LogP contribution in [0.15, 0.2) is 18.2 Å². The number of nitro groups is 1. The van der Waals surface area contributed by atoms with E-state index in [4.69, 9.17) is 10.8 Å². The number of benzene rings is 1. The molecule has 7 heteroatoms. The van der Waals surface area contributed by atoms with Crippen molar-refractivity contribution in [3.8, 4) is 5.75 Å². The van der Waals surface area contributed by atoms with Crippen molar-refractivity contribution in [3.63, 3.8) is 0 Å². The molecule has 1 aromatic rings. The summed E-state index contributed by atoms with van der Waals surface area (Å²) in [7, 11) is 0. The van der Waals surface area contributed by atoms with Crippen LogP contribution in [0.1, 0.15) is 18.0 Å². The third-order valence-electron chi connectivity index (χ3n) is 2.04. The third kappa shape index (κ3) is 3.32. The Morgan fingerprint density at radius 2 is 2.19 bits per heavy atom. The van der Waals surface area contributed by atoms with E-state index in [0.717, 1.165) is 6.07 Å². The van der Waals surface area contributed by atoms with E-state index in [2.05, 4.69) is 0 Å². The molecule has 0 aromatic heterocycles.